The zero-order chi connectivity index (χ0) is 18.1. The average Bonchev–Trinajstić information content (AvgIpc) is 3.40. The smallest absolute Gasteiger partial charge is 0.257 e. The maximum absolute atomic E-state index is 13.1. The number of rotatable bonds is 4. The number of H-pyrrole nitrogens is 1. The predicted molar refractivity (Wildman–Crippen MR) is 97.4 cm³/mol. The number of carbonyl (C=O) groups is 1. The van der Waals surface area contributed by atoms with Crippen molar-refractivity contribution in [2.24, 2.45) is 0 Å². The topological polar surface area (TPSA) is 79.7 Å². The third kappa shape index (κ3) is 2.89. The molecule has 0 aliphatic carbocycles. The Balaban J connectivity index is 1.63. The van der Waals surface area contributed by atoms with E-state index in [9.17, 15) is 4.79 Å². The van der Waals surface area contributed by atoms with Gasteiger partial charge in [-0.1, -0.05) is 0 Å². The Morgan fingerprint density at radius 3 is 2.81 bits per heavy atom. The summed E-state index contributed by atoms with van der Waals surface area (Å²) in [6, 6.07) is 4.15. The maximum atomic E-state index is 13.1. The molecule has 0 spiro atoms. The van der Waals surface area contributed by atoms with Crippen molar-refractivity contribution in [1.29, 1.82) is 0 Å². The van der Waals surface area contributed by atoms with E-state index in [2.05, 4.69) is 20.3 Å². The largest absolute Gasteiger partial charge is 0.330 e. The lowest BCUT2D eigenvalue weighted by Crippen LogP contribution is -2.30. The first-order valence-corrected chi connectivity index (χ1v) is 8.94. The molecule has 4 heterocycles. The van der Waals surface area contributed by atoms with Crippen molar-refractivity contribution in [3.05, 3.63) is 54.4 Å². The van der Waals surface area contributed by atoms with Crippen LogP contribution in [0.1, 0.15) is 54.8 Å². The van der Waals surface area contributed by atoms with Gasteiger partial charge in [-0.15, -0.1) is 0 Å². The van der Waals surface area contributed by atoms with Gasteiger partial charge in [0.05, 0.1) is 29.7 Å². The molecule has 1 saturated heterocycles. The molecule has 7 heteroatoms. The highest BCUT2D eigenvalue weighted by Crippen LogP contribution is 2.37. The first-order valence-electron chi connectivity index (χ1n) is 8.94. The molecule has 1 fully saturated rings. The first kappa shape index (κ1) is 16.5. The van der Waals surface area contributed by atoms with Gasteiger partial charge in [0.15, 0.2) is 0 Å². The molecule has 1 atom stereocenters. The number of carbonyl (C=O) groups excluding carboxylic acids is 1. The van der Waals surface area contributed by atoms with Crippen molar-refractivity contribution in [3.8, 4) is 11.1 Å². The Kier molecular flexibility index (Phi) is 4.28. The van der Waals surface area contributed by atoms with Crippen LogP contribution in [-0.4, -0.2) is 42.3 Å². The van der Waals surface area contributed by atoms with Gasteiger partial charge in [-0.2, -0.15) is 10.2 Å². The van der Waals surface area contributed by atoms with Crippen LogP contribution in [0.15, 0.2) is 43.1 Å². The number of nitrogens with zero attached hydrogens (tertiary/aromatic N) is 5. The summed E-state index contributed by atoms with van der Waals surface area (Å²) in [5.41, 5.74) is 3.69. The predicted octanol–water partition coefficient (Wildman–Crippen LogP) is 3.23. The second-order valence-corrected chi connectivity index (χ2v) is 6.89. The van der Waals surface area contributed by atoms with Crippen LogP contribution in [0.5, 0.6) is 0 Å². The second kappa shape index (κ2) is 6.74. The third-order valence-corrected chi connectivity index (χ3v) is 4.88. The molecule has 1 amide bonds. The molecule has 1 aliphatic rings. The van der Waals surface area contributed by atoms with Crippen molar-refractivity contribution in [1.82, 2.24) is 29.9 Å². The fraction of sp³-hybridized carbons (Fsp3) is 0.368. The van der Waals surface area contributed by atoms with Gasteiger partial charge in [-0.25, -0.2) is 0 Å². The Morgan fingerprint density at radius 1 is 1.27 bits per heavy atom. The van der Waals surface area contributed by atoms with Gasteiger partial charge in [-0.05, 0) is 44.4 Å². The van der Waals surface area contributed by atoms with E-state index in [-0.39, 0.29) is 18.0 Å². The quantitative estimate of drug-likeness (QED) is 0.783. The standard InChI is InChI=1S/C19H22N6O/c1-13(2)25-12-15(10-22-25)19(26)24-9-3-4-17(24)18-16(11-21-23-18)14-5-7-20-8-6-14/h5-8,10-13,17H,3-4,9H2,1-2H3,(H,21,23)/t17-/m0/s1. The lowest BCUT2D eigenvalue weighted by molar-refractivity contribution is 0.0733. The van der Waals surface area contributed by atoms with Gasteiger partial charge in [0.2, 0.25) is 0 Å². The van der Waals surface area contributed by atoms with Crippen LogP contribution in [0.2, 0.25) is 0 Å². The van der Waals surface area contributed by atoms with E-state index >= 15 is 0 Å². The normalized spacial score (nSPS) is 17.2. The number of nitrogens with one attached hydrogen (secondary N) is 1. The highest BCUT2D eigenvalue weighted by atomic mass is 16.2. The maximum Gasteiger partial charge on any atom is 0.257 e. The van der Waals surface area contributed by atoms with E-state index < -0.39 is 0 Å². The number of aromatic amines is 1. The molecule has 0 saturated carbocycles. The van der Waals surface area contributed by atoms with E-state index in [1.807, 2.05) is 48.0 Å². The van der Waals surface area contributed by atoms with Crippen LogP contribution in [0, 0.1) is 0 Å². The SMILES string of the molecule is CC(C)n1cc(C(=O)N2CCC[C@H]2c2[nH]ncc2-c2ccncc2)cn1. The number of aromatic nitrogens is 5. The molecule has 3 aromatic heterocycles. The number of likely N-dealkylation sites (tertiary alicyclic amines) is 1. The molecule has 0 bridgehead atoms. The molecule has 0 unspecified atom stereocenters. The number of hydrogen-bond donors (Lipinski definition) is 1. The van der Waals surface area contributed by atoms with Gasteiger partial charge in [0.25, 0.3) is 5.91 Å². The molecule has 7 nitrogen and oxygen atoms in total. The molecule has 1 aliphatic heterocycles. The van der Waals surface area contributed by atoms with Gasteiger partial charge in [0, 0.05) is 36.7 Å². The third-order valence-electron chi connectivity index (χ3n) is 4.88. The van der Waals surface area contributed by atoms with Crippen LogP contribution in [0.4, 0.5) is 0 Å². The lowest BCUT2D eigenvalue weighted by Gasteiger charge is -2.24. The van der Waals surface area contributed by atoms with Gasteiger partial charge < -0.3 is 4.90 Å². The summed E-state index contributed by atoms with van der Waals surface area (Å²) >= 11 is 0. The first-order chi connectivity index (χ1) is 12.6. The van der Waals surface area contributed by atoms with Gasteiger partial charge >= 0.3 is 0 Å². The molecule has 134 valence electrons. The zero-order valence-corrected chi connectivity index (χ0v) is 15.0. The van der Waals surface area contributed by atoms with Gasteiger partial charge in [0.1, 0.15) is 0 Å². The van der Waals surface area contributed by atoms with Crippen LogP contribution in [-0.2, 0) is 0 Å². The van der Waals surface area contributed by atoms with Crippen LogP contribution in [0.25, 0.3) is 11.1 Å². The minimum absolute atomic E-state index is 0.00411. The van der Waals surface area contributed by atoms with Crippen LogP contribution < -0.4 is 0 Å². The molecule has 0 aromatic carbocycles. The Hall–Kier alpha value is -2.96. The molecule has 4 rings (SSSR count). The van der Waals surface area contributed by atoms with E-state index in [1.54, 1.807) is 18.6 Å². The molecule has 26 heavy (non-hydrogen) atoms. The summed E-state index contributed by atoms with van der Waals surface area (Å²) in [5, 5.41) is 11.7. The number of amides is 1. The Labute approximate surface area is 152 Å². The van der Waals surface area contributed by atoms with E-state index in [4.69, 9.17) is 0 Å². The van der Waals surface area contributed by atoms with Gasteiger partial charge in [-0.3, -0.25) is 19.6 Å². The lowest BCUT2D eigenvalue weighted by atomic mass is 10.0. The Morgan fingerprint density at radius 2 is 2.08 bits per heavy atom. The van der Waals surface area contributed by atoms with Crippen molar-refractivity contribution in [2.75, 3.05) is 6.54 Å². The molecular formula is C19H22N6O. The van der Waals surface area contributed by atoms with Crippen LogP contribution >= 0.6 is 0 Å². The number of hydrogen-bond acceptors (Lipinski definition) is 4. The fourth-order valence-electron chi connectivity index (χ4n) is 3.52. The van der Waals surface area contributed by atoms with Crippen molar-refractivity contribution < 1.29 is 4.79 Å². The monoisotopic (exact) mass is 350 g/mol. The van der Waals surface area contributed by atoms with E-state index in [0.29, 0.717) is 5.56 Å². The van der Waals surface area contributed by atoms with Crippen molar-refractivity contribution >= 4 is 5.91 Å². The summed E-state index contributed by atoms with van der Waals surface area (Å²) < 4.78 is 1.82. The number of pyridine rings is 1. The molecule has 0 radical (unpaired) electrons. The minimum atomic E-state index is -0.00411. The van der Waals surface area contributed by atoms with Crippen molar-refractivity contribution in [3.63, 3.8) is 0 Å². The zero-order valence-electron chi connectivity index (χ0n) is 15.0. The highest BCUT2D eigenvalue weighted by molar-refractivity contribution is 5.94. The Bertz CT molecular complexity index is 898. The summed E-state index contributed by atoms with van der Waals surface area (Å²) in [6.45, 7) is 4.84. The minimum Gasteiger partial charge on any atom is -0.330 e. The fourth-order valence-corrected chi connectivity index (χ4v) is 3.52. The van der Waals surface area contributed by atoms with Crippen LogP contribution in [0.3, 0.4) is 0 Å². The molecule has 1 N–H and O–H groups in total. The van der Waals surface area contributed by atoms with E-state index in [0.717, 1.165) is 36.2 Å². The summed E-state index contributed by atoms with van der Waals surface area (Å²) in [5.74, 6) is 0.0229. The molecular weight excluding hydrogens is 328 g/mol. The van der Waals surface area contributed by atoms with Crippen molar-refractivity contribution in [2.45, 2.75) is 38.8 Å². The molecule has 3 aromatic rings. The summed E-state index contributed by atoms with van der Waals surface area (Å²) in [6.07, 6.45) is 10.7. The van der Waals surface area contributed by atoms with E-state index in [1.165, 1.54) is 0 Å². The highest BCUT2D eigenvalue weighted by Gasteiger charge is 2.33. The average molecular weight is 350 g/mol. The second-order valence-electron chi connectivity index (χ2n) is 6.89. The summed E-state index contributed by atoms with van der Waals surface area (Å²) in [4.78, 5) is 19.1. The summed E-state index contributed by atoms with van der Waals surface area (Å²) in [7, 11) is 0.